The van der Waals surface area contributed by atoms with Crippen molar-refractivity contribution < 1.29 is 9.90 Å². The molecule has 0 aliphatic heterocycles. The zero-order valence-corrected chi connectivity index (χ0v) is 8.45. The number of halogens is 1. The van der Waals surface area contributed by atoms with Crippen LogP contribution in [-0.2, 0) is 6.54 Å². The van der Waals surface area contributed by atoms with Gasteiger partial charge >= 0.3 is 6.09 Å². The Morgan fingerprint density at radius 2 is 2.29 bits per heavy atom. The van der Waals surface area contributed by atoms with E-state index >= 15 is 0 Å². The lowest BCUT2D eigenvalue weighted by atomic mass is 10.1. The maximum atomic E-state index is 10.7. The van der Waals surface area contributed by atoms with E-state index in [-0.39, 0.29) is 6.54 Å². The quantitative estimate of drug-likeness (QED) is 0.791. The summed E-state index contributed by atoms with van der Waals surface area (Å²) in [7, 11) is 1.46. The molecule has 0 spiro atoms. The van der Waals surface area contributed by atoms with Gasteiger partial charge in [-0.3, -0.25) is 4.90 Å². The molecule has 0 bridgehead atoms. The first-order valence-corrected chi connectivity index (χ1v) is 4.39. The van der Waals surface area contributed by atoms with Crippen LogP contribution in [0.5, 0.6) is 0 Å². The van der Waals surface area contributed by atoms with Gasteiger partial charge in [0.25, 0.3) is 0 Å². The van der Waals surface area contributed by atoms with Crippen LogP contribution in [0.3, 0.4) is 0 Å². The smallest absolute Gasteiger partial charge is 0.411 e. The largest absolute Gasteiger partial charge is 0.465 e. The molecule has 1 aromatic rings. The van der Waals surface area contributed by atoms with Crippen LogP contribution in [0.1, 0.15) is 5.56 Å². The number of carboxylic acid groups (broad SMARTS) is 1. The number of amides is 1. The van der Waals surface area contributed by atoms with Gasteiger partial charge in [0.1, 0.15) is 0 Å². The van der Waals surface area contributed by atoms with Gasteiger partial charge in [0.15, 0.2) is 0 Å². The third kappa shape index (κ3) is 2.16. The molecular formula is C9H11ClN2O2. The maximum Gasteiger partial charge on any atom is 0.411 e. The van der Waals surface area contributed by atoms with Crippen molar-refractivity contribution in [3.8, 4) is 0 Å². The van der Waals surface area contributed by atoms with Gasteiger partial charge in [0.05, 0.1) is 5.69 Å². The Bertz CT molecular complexity index is 355. The Labute approximate surface area is 86.9 Å². The van der Waals surface area contributed by atoms with Gasteiger partial charge in [-0.1, -0.05) is 11.6 Å². The molecule has 4 nitrogen and oxygen atoms in total. The molecule has 0 saturated heterocycles. The van der Waals surface area contributed by atoms with Gasteiger partial charge in [-0.05, 0) is 23.8 Å². The number of rotatable bonds is 2. The SMILES string of the molecule is CN(C(=O)O)c1ccc(Cl)cc1CN. The fourth-order valence-corrected chi connectivity index (χ4v) is 1.34. The van der Waals surface area contributed by atoms with E-state index in [2.05, 4.69) is 0 Å². The van der Waals surface area contributed by atoms with Crippen molar-refractivity contribution >= 4 is 23.4 Å². The maximum absolute atomic E-state index is 10.7. The van der Waals surface area contributed by atoms with Crippen LogP contribution in [0.4, 0.5) is 10.5 Å². The average Bonchev–Trinajstić information content (AvgIpc) is 2.16. The molecule has 1 amide bonds. The summed E-state index contributed by atoms with van der Waals surface area (Å²) in [6, 6.07) is 4.93. The predicted molar refractivity (Wildman–Crippen MR) is 55.8 cm³/mol. The van der Waals surface area contributed by atoms with Crippen molar-refractivity contribution in [2.45, 2.75) is 6.54 Å². The monoisotopic (exact) mass is 214 g/mol. The van der Waals surface area contributed by atoms with Crippen LogP contribution in [-0.4, -0.2) is 18.2 Å². The summed E-state index contributed by atoms with van der Waals surface area (Å²) in [5.41, 5.74) is 6.75. The van der Waals surface area contributed by atoms with Crippen LogP contribution >= 0.6 is 11.6 Å². The number of hydrogen-bond acceptors (Lipinski definition) is 2. The molecule has 0 aliphatic carbocycles. The summed E-state index contributed by atoms with van der Waals surface area (Å²) in [6.07, 6.45) is -1.03. The Morgan fingerprint density at radius 3 is 2.79 bits per heavy atom. The summed E-state index contributed by atoms with van der Waals surface area (Å²) >= 11 is 5.76. The van der Waals surface area contributed by atoms with E-state index < -0.39 is 6.09 Å². The number of nitrogens with two attached hydrogens (primary N) is 1. The lowest BCUT2D eigenvalue weighted by molar-refractivity contribution is 0.203. The average molecular weight is 215 g/mol. The zero-order chi connectivity index (χ0) is 10.7. The lowest BCUT2D eigenvalue weighted by Crippen LogP contribution is -2.25. The first-order valence-electron chi connectivity index (χ1n) is 4.01. The topological polar surface area (TPSA) is 66.6 Å². The summed E-state index contributed by atoms with van der Waals surface area (Å²) < 4.78 is 0. The molecule has 1 aromatic carbocycles. The van der Waals surface area contributed by atoms with Gasteiger partial charge in [-0.15, -0.1) is 0 Å². The molecule has 0 aliphatic rings. The molecule has 0 fully saturated rings. The normalized spacial score (nSPS) is 9.93. The molecule has 0 unspecified atom stereocenters. The molecular weight excluding hydrogens is 204 g/mol. The summed E-state index contributed by atoms with van der Waals surface area (Å²) in [4.78, 5) is 11.8. The zero-order valence-electron chi connectivity index (χ0n) is 7.70. The van der Waals surface area contributed by atoms with Crippen molar-refractivity contribution in [2.75, 3.05) is 11.9 Å². The van der Waals surface area contributed by atoms with Crippen LogP contribution < -0.4 is 10.6 Å². The van der Waals surface area contributed by atoms with Gasteiger partial charge in [0, 0.05) is 18.6 Å². The second-order valence-corrected chi connectivity index (χ2v) is 3.26. The highest BCUT2D eigenvalue weighted by Crippen LogP contribution is 2.23. The number of hydrogen-bond donors (Lipinski definition) is 2. The van der Waals surface area contributed by atoms with Crippen molar-refractivity contribution in [2.24, 2.45) is 5.73 Å². The Morgan fingerprint density at radius 1 is 1.64 bits per heavy atom. The first kappa shape index (κ1) is 10.8. The number of anilines is 1. The van der Waals surface area contributed by atoms with Crippen LogP contribution in [0.15, 0.2) is 18.2 Å². The molecule has 0 saturated carbocycles. The molecule has 5 heteroatoms. The van der Waals surface area contributed by atoms with E-state index in [0.29, 0.717) is 16.3 Å². The number of carbonyl (C=O) groups is 1. The lowest BCUT2D eigenvalue weighted by Gasteiger charge is -2.16. The first-order chi connectivity index (χ1) is 6.56. The van der Waals surface area contributed by atoms with E-state index in [1.165, 1.54) is 7.05 Å². The minimum absolute atomic E-state index is 0.257. The minimum atomic E-state index is -1.03. The van der Waals surface area contributed by atoms with Crippen molar-refractivity contribution in [1.29, 1.82) is 0 Å². The fourth-order valence-electron chi connectivity index (χ4n) is 1.15. The van der Waals surface area contributed by atoms with E-state index in [9.17, 15) is 4.79 Å². The van der Waals surface area contributed by atoms with Gasteiger partial charge < -0.3 is 10.8 Å². The van der Waals surface area contributed by atoms with Crippen molar-refractivity contribution in [3.63, 3.8) is 0 Å². The molecule has 76 valence electrons. The molecule has 0 heterocycles. The second-order valence-electron chi connectivity index (χ2n) is 2.82. The standard InChI is InChI=1S/C9H11ClN2O2/c1-12(9(13)14)8-3-2-7(10)4-6(8)5-11/h2-4H,5,11H2,1H3,(H,13,14). The van der Waals surface area contributed by atoms with Gasteiger partial charge in [0.2, 0.25) is 0 Å². The Balaban J connectivity index is 3.13. The van der Waals surface area contributed by atoms with Crippen molar-refractivity contribution in [1.82, 2.24) is 0 Å². The Hall–Kier alpha value is -1.26. The molecule has 0 radical (unpaired) electrons. The molecule has 14 heavy (non-hydrogen) atoms. The highest BCUT2D eigenvalue weighted by Gasteiger charge is 2.12. The third-order valence-corrected chi connectivity index (χ3v) is 2.14. The van der Waals surface area contributed by atoms with Gasteiger partial charge in [-0.2, -0.15) is 0 Å². The molecule has 3 N–H and O–H groups in total. The van der Waals surface area contributed by atoms with Gasteiger partial charge in [-0.25, -0.2) is 4.79 Å². The van der Waals surface area contributed by atoms with Crippen LogP contribution in [0, 0.1) is 0 Å². The summed E-state index contributed by atoms with van der Waals surface area (Å²) in [5, 5.41) is 9.33. The highest BCUT2D eigenvalue weighted by molar-refractivity contribution is 6.30. The van der Waals surface area contributed by atoms with E-state index in [1.807, 2.05) is 0 Å². The second kappa shape index (κ2) is 4.30. The summed E-state index contributed by atoms with van der Waals surface area (Å²) in [6.45, 7) is 0.257. The Kier molecular flexibility index (Phi) is 3.33. The molecule has 0 atom stereocenters. The van der Waals surface area contributed by atoms with Crippen LogP contribution in [0.2, 0.25) is 5.02 Å². The minimum Gasteiger partial charge on any atom is -0.465 e. The van der Waals surface area contributed by atoms with E-state index in [0.717, 1.165) is 4.90 Å². The number of nitrogens with zero attached hydrogens (tertiary/aromatic N) is 1. The van der Waals surface area contributed by atoms with E-state index in [4.69, 9.17) is 22.4 Å². The highest BCUT2D eigenvalue weighted by atomic mass is 35.5. The number of benzene rings is 1. The molecule has 1 rings (SSSR count). The predicted octanol–water partition coefficient (Wildman–Crippen LogP) is 1.91. The van der Waals surface area contributed by atoms with Crippen molar-refractivity contribution in [3.05, 3.63) is 28.8 Å². The van der Waals surface area contributed by atoms with E-state index in [1.54, 1.807) is 18.2 Å². The van der Waals surface area contributed by atoms with Crippen LogP contribution in [0.25, 0.3) is 0 Å². The fraction of sp³-hybridized carbons (Fsp3) is 0.222. The molecule has 0 aromatic heterocycles. The summed E-state index contributed by atoms with van der Waals surface area (Å²) in [5.74, 6) is 0. The third-order valence-electron chi connectivity index (χ3n) is 1.91.